The van der Waals surface area contributed by atoms with Crippen LogP contribution in [0.3, 0.4) is 0 Å². The zero-order valence-corrected chi connectivity index (χ0v) is 13.9. The number of rotatable bonds is 4. The van der Waals surface area contributed by atoms with Crippen molar-refractivity contribution in [3.8, 4) is 11.5 Å². The van der Waals surface area contributed by atoms with Crippen LogP contribution in [0, 0.1) is 5.41 Å². The average Bonchev–Trinajstić information content (AvgIpc) is 2.50. The van der Waals surface area contributed by atoms with Gasteiger partial charge in [0, 0.05) is 24.1 Å². The van der Waals surface area contributed by atoms with E-state index in [1.165, 1.54) is 14.2 Å². The molecule has 1 fully saturated rings. The Morgan fingerprint density at radius 3 is 2.48 bits per heavy atom. The van der Waals surface area contributed by atoms with Crippen molar-refractivity contribution >= 4 is 17.4 Å². The van der Waals surface area contributed by atoms with Crippen molar-refractivity contribution < 1.29 is 19.1 Å². The zero-order valence-electron chi connectivity index (χ0n) is 13.9. The first-order valence-electron chi connectivity index (χ1n) is 7.44. The second-order valence-electron chi connectivity index (χ2n) is 6.42. The molecule has 1 aliphatic carbocycles. The van der Waals surface area contributed by atoms with Crippen LogP contribution in [-0.2, 0) is 4.79 Å². The van der Waals surface area contributed by atoms with E-state index in [-0.39, 0.29) is 17.1 Å². The smallest absolute Gasteiger partial charge is 0.271 e. The molecule has 0 bridgehead atoms. The number of methoxy groups -OCH3 is 2. The molecule has 1 aliphatic rings. The molecule has 2 rings (SSSR count). The normalized spacial score (nSPS) is 18.6. The van der Waals surface area contributed by atoms with Gasteiger partial charge in [-0.15, -0.1) is 0 Å². The number of hydrogen-bond donors (Lipinski definition) is 1. The molecule has 0 radical (unpaired) electrons. The van der Waals surface area contributed by atoms with E-state index in [0.717, 1.165) is 0 Å². The first-order chi connectivity index (χ1) is 10.8. The number of amides is 1. The van der Waals surface area contributed by atoms with Gasteiger partial charge in [-0.25, -0.2) is 5.43 Å². The summed E-state index contributed by atoms with van der Waals surface area (Å²) >= 11 is 0. The fraction of sp³-hybridized carbons (Fsp3) is 0.471. The summed E-state index contributed by atoms with van der Waals surface area (Å²) in [6.45, 7) is 4.05. The van der Waals surface area contributed by atoms with E-state index in [1.54, 1.807) is 18.2 Å². The maximum absolute atomic E-state index is 12.2. The lowest BCUT2D eigenvalue weighted by atomic mass is 9.76. The van der Waals surface area contributed by atoms with Gasteiger partial charge in [0.25, 0.3) is 5.91 Å². The summed E-state index contributed by atoms with van der Waals surface area (Å²) in [5.41, 5.74) is 3.53. The van der Waals surface area contributed by atoms with Crippen LogP contribution in [0.15, 0.2) is 23.3 Å². The highest BCUT2D eigenvalue weighted by atomic mass is 16.5. The molecule has 1 amide bonds. The third-order valence-corrected chi connectivity index (χ3v) is 3.72. The van der Waals surface area contributed by atoms with Crippen molar-refractivity contribution in [1.82, 2.24) is 5.43 Å². The van der Waals surface area contributed by atoms with Crippen LogP contribution in [0.4, 0.5) is 0 Å². The Morgan fingerprint density at radius 1 is 1.17 bits per heavy atom. The zero-order chi connectivity index (χ0) is 17.0. The van der Waals surface area contributed by atoms with Crippen LogP contribution in [0.5, 0.6) is 11.5 Å². The highest BCUT2D eigenvalue weighted by molar-refractivity contribution is 6.05. The van der Waals surface area contributed by atoms with Gasteiger partial charge < -0.3 is 9.47 Å². The minimum atomic E-state index is -0.353. The van der Waals surface area contributed by atoms with E-state index in [9.17, 15) is 9.59 Å². The van der Waals surface area contributed by atoms with Gasteiger partial charge in [0.05, 0.1) is 14.2 Å². The summed E-state index contributed by atoms with van der Waals surface area (Å²) in [5, 5.41) is 4.13. The molecule has 0 aliphatic heterocycles. The molecule has 0 atom stereocenters. The van der Waals surface area contributed by atoms with Crippen molar-refractivity contribution in [2.75, 3.05) is 14.2 Å². The van der Waals surface area contributed by atoms with Crippen molar-refractivity contribution in [3.63, 3.8) is 0 Å². The predicted molar refractivity (Wildman–Crippen MR) is 87.1 cm³/mol. The number of nitrogens with one attached hydrogen (secondary N) is 1. The Kier molecular flexibility index (Phi) is 5.03. The monoisotopic (exact) mass is 318 g/mol. The molecule has 6 nitrogen and oxygen atoms in total. The molecular weight excluding hydrogens is 296 g/mol. The fourth-order valence-electron chi connectivity index (χ4n) is 2.75. The number of benzene rings is 1. The SMILES string of the molecule is COc1ccc(C(=O)N/N=C2/CC(=O)CC(C)(C)C2)cc1OC. The van der Waals surface area contributed by atoms with Gasteiger partial charge in [-0.05, 0) is 30.0 Å². The number of nitrogens with zero attached hydrogens (tertiary/aromatic N) is 1. The summed E-state index contributed by atoms with van der Waals surface area (Å²) in [5.74, 6) is 0.825. The van der Waals surface area contributed by atoms with Gasteiger partial charge in [0.1, 0.15) is 5.78 Å². The van der Waals surface area contributed by atoms with E-state index in [1.807, 2.05) is 13.8 Å². The van der Waals surface area contributed by atoms with Crippen LogP contribution in [-0.4, -0.2) is 31.6 Å². The summed E-state index contributed by atoms with van der Waals surface area (Å²) < 4.78 is 10.3. The van der Waals surface area contributed by atoms with E-state index in [0.29, 0.717) is 42.0 Å². The highest BCUT2D eigenvalue weighted by Gasteiger charge is 2.30. The van der Waals surface area contributed by atoms with Gasteiger partial charge in [-0.1, -0.05) is 13.8 Å². The molecule has 0 aromatic heterocycles. The Bertz CT molecular complexity index is 650. The number of Topliss-reactive ketones (excluding diaryl/α,β-unsaturated/α-hetero) is 1. The minimum Gasteiger partial charge on any atom is -0.493 e. The summed E-state index contributed by atoms with van der Waals surface area (Å²) in [6.07, 6.45) is 1.55. The molecule has 23 heavy (non-hydrogen) atoms. The fourth-order valence-corrected chi connectivity index (χ4v) is 2.75. The van der Waals surface area contributed by atoms with Gasteiger partial charge in [-0.2, -0.15) is 5.10 Å². The van der Waals surface area contributed by atoms with Crippen LogP contribution < -0.4 is 14.9 Å². The first kappa shape index (κ1) is 17.0. The molecule has 6 heteroatoms. The largest absolute Gasteiger partial charge is 0.493 e. The lowest BCUT2D eigenvalue weighted by Gasteiger charge is -2.29. The number of ether oxygens (including phenoxy) is 2. The summed E-state index contributed by atoms with van der Waals surface area (Å²) in [7, 11) is 3.04. The lowest BCUT2D eigenvalue weighted by molar-refractivity contribution is -0.120. The van der Waals surface area contributed by atoms with Gasteiger partial charge >= 0.3 is 0 Å². The van der Waals surface area contributed by atoms with Crippen LogP contribution in [0.1, 0.15) is 43.5 Å². The first-order valence-corrected chi connectivity index (χ1v) is 7.44. The van der Waals surface area contributed by atoms with Crippen LogP contribution in [0.25, 0.3) is 0 Å². The number of ketones is 1. The second kappa shape index (κ2) is 6.81. The maximum Gasteiger partial charge on any atom is 0.271 e. The van der Waals surface area contributed by atoms with Crippen molar-refractivity contribution in [2.24, 2.45) is 10.5 Å². The Balaban J connectivity index is 2.10. The maximum atomic E-state index is 12.2. The Hall–Kier alpha value is -2.37. The predicted octanol–water partition coefficient (Wildman–Crippen LogP) is 2.57. The van der Waals surface area contributed by atoms with Gasteiger partial charge in [-0.3, -0.25) is 9.59 Å². The molecular formula is C17H22N2O4. The van der Waals surface area contributed by atoms with Crippen molar-refractivity contribution in [3.05, 3.63) is 23.8 Å². The summed E-state index contributed by atoms with van der Waals surface area (Å²) in [6, 6.07) is 4.88. The minimum absolute atomic E-state index is 0.109. The topological polar surface area (TPSA) is 77.0 Å². The Labute approximate surface area is 135 Å². The van der Waals surface area contributed by atoms with Crippen LogP contribution >= 0.6 is 0 Å². The van der Waals surface area contributed by atoms with Crippen LogP contribution in [0.2, 0.25) is 0 Å². The Morgan fingerprint density at radius 2 is 1.87 bits per heavy atom. The quantitative estimate of drug-likeness (QED) is 0.866. The van der Waals surface area contributed by atoms with Crippen molar-refractivity contribution in [2.45, 2.75) is 33.1 Å². The number of hydrazone groups is 1. The number of carbonyl (C=O) groups is 2. The number of hydrogen-bond acceptors (Lipinski definition) is 5. The van der Waals surface area contributed by atoms with E-state index < -0.39 is 0 Å². The third-order valence-electron chi connectivity index (χ3n) is 3.72. The molecule has 1 N–H and O–H groups in total. The van der Waals surface area contributed by atoms with E-state index in [2.05, 4.69) is 10.5 Å². The molecule has 0 saturated heterocycles. The molecule has 0 spiro atoms. The molecule has 1 aromatic carbocycles. The van der Waals surface area contributed by atoms with Gasteiger partial charge in [0.2, 0.25) is 0 Å². The molecule has 1 aromatic rings. The number of carbonyl (C=O) groups excluding carboxylic acids is 2. The lowest BCUT2D eigenvalue weighted by Crippen LogP contribution is -2.31. The summed E-state index contributed by atoms with van der Waals surface area (Å²) in [4.78, 5) is 23.9. The van der Waals surface area contributed by atoms with Gasteiger partial charge in [0.15, 0.2) is 11.5 Å². The highest BCUT2D eigenvalue weighted by Crippen LogP contribution is 2.31. The molecule has 0 unspecified atom stereocenters. The van der Waals surface area contributed by atoms with E-state index >= 15 is 0 Å². The average molecular weight is 318 g/mol. The molecule has 124 valence electrons. The second-order valence-corrected chi connectivity index (χ2v) is 6.42. The van der Waals surface area contributed by atoms with E-state index in [4.69, 9.17) is 9.47 Å². The standard InChI is InChI=1S/C17H22N2O4/c1-17(2)9-12(8-13(20)10-17)18-19-16(21)11-5-6-14(22-3)15(7-11)23-4/h5-7H,8-10H2,1-4H3,(H,19,21)/b18-12-. The third kappa shape index (κ3) is 4.31. The molecule has 1 saturated carbocycles. The molecule has 0 heterocycles. The van der Waals surface area contributed by atoms with Crippen molar-refractivity contribution in [1.29, 1.82) is 0 Å².